The molecule has 28 heavy (non-hydrogen) atoms. The molecule has 0 bridgehead atoms. The molecule has 1 fully saturated rings. The van der Waals surface area contributed by atoms with Crippen LogP contribution in [0.25, 0.3) is 5.69 Å². The second kappa shape index (κ2) is 7.24. The van der Waals surface area contributed by atoms with Crippen LogP contribution in [0.15, 0.2) is 53.4 Å². The Hall–Kier alpha value is -2.92. The molecule has 0 atom stereocenters. The molecule has 2 heterocycles. The molecule has 146 valence electrons. The number of para-hydroxylation sites is 1. The number of benzene rings is 2. The smallest absolute Gasteiger partial charge is 0.250 e. The lowest BCUT2D eigenvalue weighted by molar-refractivity contribution is 0.375. The highest BCUT2D eigenvalue weighted by atomic mass is 32.2. The Morgan fingerprint density at radius 2 is 1.50 bits per heavy atom. The van der Waals surface area contributed by atoms with Crippen LogP contribution >= 0.6 is 0 Å². The summed E-state index contributed by atoms with van der Waals surface area (Å²) in [6.07, 6.45) is 0. The van der Waals surface area contributed by atoms with Crippen LogP contribution in [0, 0.1) is 11.6 Å². The summed E-state index contributed by atoms with van der Waals surface area (Å²) in [5.41, 5.74) is 0.769. The van der Waals surface area contributed by atoms with Crippen molar-refractivity contribution in [3.8, 4) is 5.69 Å². The quantitative estimate of drug-likeness (QED) is 0.652. The van der Waals surface area contributed by atoms with E-state index in [4.69, 9.17) is 0 Å². The number of piperazine rings is 1. The standard InChI is InChI=1S/C17H16F2N6O2S/c18-14-7-4-8-15(19)16(14)28(26,27)24-11-9-23(10-12-24)17-20-21-22-25(17)13-5-2-1-3-6-13/h1-8H,9-12H2. The zero-order valence-electron chi connectivity index (χ0n) is 14.6. The SMILES string of the molecule is O=S(=O)(c1c(F)cccc1F)N1CCN(c2nnnn2-c2ccccc2)CC1. The van der Waals surface area contributed by atoms with E-state index in [0.29, 0.717) is 5.95 Å². The van der Waals surface area contributed by atoms with Crippen molar-refractivity contribution in [2.75, 3.05) is 31.1 Å². The topological polar surface area (TPSA) is 84.2 Å². The molecule has 0 unspecified atom stereocenters. The Morgan fingerprint density at radius 3 is 2.14 bits per heavy atom. The second-order valence-electron chi connectivity index (χ2n) is 6.17. The minimum atomic E-state index is -4.28. The number of halogens is 2. The Labute approximate surface area is 160 Å². The number of nitrogens with zero attached hydrogens (tertiary/aromatic N) is 6. The maximum Gasteiger partial charge on any atom is 0.250 e. The number of rotatable bonds is 4. The van der Waals surface area contributed by atoms with Crippen molar-refractivity contribution in [1.29, 1.82) is 0 Å². The van der Waals surface area contributed by atoms with Gasteiger partial charge >= 0.3 is 0 Å². The summed E-state index contributed by atoms with van der Waals surface area (Å²) in [6.45, 7) is 0.667. The predicted molar refractivity (Wildman–Crippen MR) is 96.5 cm³/mol. The lowest BCUT2D eigenvalue weighted by atomic mass is 10.3. The number of anilines is 1. The Bertz CT molecular complexity index is 1060. The third-order valence-electron chi connectivity index (χ3n) is 4.49. The van der Waals surface area contributed by atoms with E-state index >= 15 is 0 Å². The van der Waals surface area contributed by atoms with Crippen LogP contribution in [0.3, 0.4) is 0 Å². The van der Waals surface area contributed by atoms with Gasteiger partial charge in [0.2, 0.25) is 16.0 Å². The van der Waals surface area contributed by atoms with E-state index in [1.54, 1.807) is 4.68 Å². The van der Waals surface area contributed by atoms with E-state index in [2.05, 4.69) is 15.5 Å². The van der Waals surface area contributed by atoms with Crippen LogP contribution in [0.1, 0.15) is 0 Å². The Morgan fingerprint density at radius 1 is 0.857 bits per heavy atom. The third-order valence-corrected chi connectivity index (χ3v) is 6.44. The molecule has 4 rings (SSSR count). The van der Waals surface area contributed by atoms with Crippen LogP contribution in [-0.2, 0) is 10.0 Å². The molecule has 1 aliphatic rings. The molecule has 2 aromatic carbocycles. The zero-order valence-corrected chi connectivity index (χ0v) is 15.4. The molecular weight excluding hydrogens is 390 g/mol. The largest absolute Gasteiger partial charge is 0.337 e. The summed E-state index contributed by atoms with van der Waals surface area (Å²) in [5.74, 6) is -1.73. The minimum Gasteiger partial charge on any atom is -0.337 e. The maximum atomic E-state index is 14.0. The lowest BCUT2D eigenvalue weighted by Crippen LogP contribution is -2.49. The van der Waals surface area contributed by atoms with E-state index in [1.807, 2.05) is 35.2 Å². The molecule has 0 aliphatic carbocycles. The van der Waals surface area contributed by atoms with Crippen molar-refractivity contribution in [3.63, 3.8) is 0 Å². The number of sulfonamides is 1. The van der Waals surface area contributed by atoms with Crippen LogP contribution < -0.4 is 4.90 Å². The second-order valence-corrected chi connectivity index (χ2v) is 8.04. The van der Waals surface area contributed by atoms with Crippen molar-refractivity contribution in [3.05, 3.63) is 60.2 Å². The van der Waals surface area contributed by atoms with Crippen molar-refractivity contribution in [2.45, 2.75) is 4.90 Å². The summed E-state index contributed by atoms with van der Waals surface area (Å²) in [7, 11) is -4.28. The van der Waals surface area contributed by atoms with Crippen LogP contribution in [0.5, 0.6) is 0 Å². The van der Waals surface area contributed by atoms with Gasteiger partial charge in [0.1, 0.15) is 11.6 Å². The first-order chi connectivity index (χ1) is 13.5. The molecule has 0 spiro atoms. The molecule has 11 heteroatoms. The molecular formula is C17H16F2N6O2S. The molecule has 3 aromatic rings. The fraction of sp³-hybridized carbons (Fsp3) is 0.235. The van der Waals surface area contributed by atoms with Gasteiger partial charge < -0.3 is 4.90 Å². The first kappa shape index (κ1) is 18.4. The van der Waals surface area contributed by atoms with Gasteiger partial charge in [0.25, 0.3) is 0 Å². The zero-order chi connectivity index (χ0) is 19.7. The first-order valence-corrected chi connectivity index (χ1v) is 9.95. The Balaban J connectivity index is 1.54. The van der Waals surface area contributed by atoms with Gasteiger partial charge in [0.15, 0.2) is 4.90 Å². The average Bonchev–Trinajstić information content (AvgIpc) is 3.18. The van der Waals surface area contributed by atoms with E-state index < -0.39 is 26.6 Å². The fourth-order valence-corrected chi connectivity index (χ4v) is 4.63. The first-order valence-electron chi connectivity index (χ1n) is 8.51. The number of aromatic nitrogens is 4. The summed E-state index contributed by atoms with van der Waals surface area (Å²) >= 11 is 0. The number of tetrazole rings is 1. The highest BCUT2D eigenvalue weighted by molar-refractivity contribution is 7.89. The number of hydrogen-bond acceptors (Lipinski definition) is 6. The van der Waals surface area contributed by atoms with E-state index in [-0.39, 0.29) is 26.2 Å². The highest BCUT2D eigenvalue weighted by Gasteiger charge is 2.34. The third kappa shape index (κ3) is 3.22. The summed E-state index contributed by atoms with van der Waals surface area (Å²) < 4.78 is 55.9. The van der Waals surface area contributed by atoms with Gasteiger partial charge in [-0.25, -0.2) is 17.2 Å². The fourth-order valence-electron chi connectivity index (χ4n) is 3.10. The Kier molecular flexibility index (Phi) is 4.77. The lowest BCUT2D eigenvalue weighted by Gasteiger charge is -2.34. The monoisotopic (exact) mass is 406 g/mol. The van der Waals surface area contributed by atoms with E-state index in [1.165, 1.54) is 0 Å². The van der Waals surface area contributed by atoms with Gasteiger partial charge in [-0.15, -0.1) is 0 Å². The predicted octanol–water partition coefficient (Wildman–Crippen LogP) is 1.45. The van der Waals surface area contributed by atoms with Crippen LogP contribution in [0.2, 0.25) is 0 Å². The molecule has 8 nitrogen and oxygen atoms in total. The van der Waals surface area contributed by atoms with E-state index in [0.717, 1.165) is 28.2 Å². The minimum absolute atomic E-state index is 0.0533. The van der Waals surface area contributed by atoms with Gasteiger partial charge in [0.05, 0.1) is 5.69 Å². The normalized spacial score (nSPS) is 15.7. The average molecular weight is 406 g/mol. The summed E-state index contributed by atoms with van der Waals surface area (Å²) in [4.78, 5) is 0.911. The molecule has 1 saturated heterocycles. The highest BCUT2D eigenvalue weighted by Crippen LogP contribution is 2.25. The molecule has 0 radical (unpaired) electrons. The van der Waals surface area contributed by atoms with Crippen molar-refractivity contribution in [2.24, 2.45) is 0 Å². The van der Waals surface area contributed by atoms with Gasteiger partial charge in [0, 0.05) is 26.2 Å². The van der Waals surface area contributed by atoms with E-state index in [9.17, 15) is 17.2 Å². The molecule has 0 amide bonds. The summed E-state index contributed by atoms with van der Waals surface area (Å²) in [6, 6.07) is 12.3. The van der Waals surface area contributed by atoms with Gasteiger partial charge in [-0.2, -0.15) is 8.99 Å². The summed E-state index contributed by atoms with van der Waals surface area (Å²) in [5, 5.41) is 11.7. The van der Waals surface area contributed by atoms with Gasteiger partial charge in [-0.1, -0.05) is 29.4 Å². The molecule has 1 aromatic heterocycles. The van der Waals surface area contributed by atoms with Crippen molar-refractivity contribution >= 4 is 16.0 Å². The number of hydrogen-bond donors (Lipinski definition) is 0. The van der Waals surface area contributed by atoms with Crippen molar-refractivity contribution in [1.82, 2.24) is 24.5 Å². The van der Waals surface area contributed by atoms with Crippen LogP contribution in [-0.4, -0.2) is 59.1 Å². The van der Waals surface area contributed by atoms with Crippen molar-refractivity contribution < 1.29 is 17.2 Å². The maximum absolute atomic E-state index is 14.0. The molecule has 1 aliphatic heterocycles. The van der Waals surface area contributed by atoms with Crippen LogP contribution in [0.4, 0.5) is 14.7 Å². The molecule has 0 N–H and O–H groups in total. The van der Waals surface area contributed by atoms with Gasteiger partial charge in [-0.3, -0.25) is 0 Å². The molecule has 0 saturated carbocycles. The van der Waals surface area contributed by atoms with Gasteiger partial charge in [-0.05, 0) is 34.7 Å².